The van der Waals surface area contributed by atoms with Crippen LogP contribution < -0.4 is 4.72 Å². The molecule has 1 saturated carbocycles. The lowest BCUT2D eigenvalue weighted by Crippen LogP contribution is -2.26. The van der Waals surface area contributed by atoms with Crippen molar-refractivity contribution < 1.29 is 17.5 Å². The van der Waals surface area contributed by atoms with Gasteiger partial charge in [0.15, 0.2) is 0 Å². The highest BCUT2D eigenvalue weighted by molar-refractivity contribution is 7.89. The molecule has 0 saturated heterocycles. The van der Waals surface area contributed by atoms with E-state index >= 15 is 0 Å². The molecule has 0 amide bonds. The Balaban J connectivity index is 2.18. The van der Waals surface area contributed by atoms with E-state index in [0.29, 0.717) is 5.56 Å². The maximum atomic E-state index is 12.9. The van der Waals surface area contributed by atoms with E-state index < -0.39 is 28.8 Å². The quantitative estimate of drug-likeness (QED) is 0.745. The topological polar surface area (TPSA) is 67.8 Å². The van der Waals surface area contributed by atoms with Gasteiger partial charge in [-0.1, -0.05) is 12.1 Å². The van der Waals surface area contributed by atoms with Crippen molar-refractivity contribution in [3.05, 3.63) is 29.8 Å². The van der Waals surface area contributed by atoms with Gasteiger partial charge in [0.1, 0.15) is 18.8 Å². The van der Waals surface area contributed by atoms with Crippen molar-refractivity contribution in [1.29, 1.82) is 0 Å². The zero-order chi connectivity index (χ0) is 15.5. The van der Waals surface area contributed by atoms with Crippen LogP contribution in [0.1, 0.15) is 24.5 Å². The number of benzene rings is 1. The van der Waals surface area contributed by atoms with Crippen molar-refractivity contribution in [3.63, 3.8) is 0 Å². The van der Waals surface area contributed by atoms with E-state index in [9.17, 15) is 12.8 Å². The molecule has 2 atom stereocenters. The summed E-state index contributed by atoms with van der Waals surface area (Å²) in [5.41, 5.74) is 0.665. The van der Waals surface area contributed by atoms with Crippen LogP contribution in [0.25, 0.3) is 0 Å². The number of methoxy groups -OCH3 is 1. The Hall–Kier alpha value is -1.31. The summed E-state index contributed by atoms with van der Waals surface area (Å²) in [7, 11) is -2.02. The number of alkyl halides is 1. The molecule has 1 fully saturated rings. The second-order valence-electron chi connectivity index (χ2n) is 5.03. The molecule has 116 valence electrons. The maximum Gasteiger partial charge on any atom is 0.240 e. The second kappa shape index (κ2) is 6.64. The minimum Gasteiger partial charge on any atom is -0.374 e. The van der Waals surface area contributed by atoms with Gasteiger partial charge < -0.3 is 4.74 Å². The predicted octanol–water partition coefficient (Wildman–Crippen LogP) is 1.85. The van der Waals surface area contributed by atoms with Gasteiger partial charge >= 0.3 is 0 Å². The SMILES string of the molecule is C=N[C@H](CF)[C@H](OC)c1ccc(S(=O)(=O)NC2CC2)cc1. The number of hydrogen-bond donors (Lipinski definition) is 1. The molecule has 5 nitrogen and oxygen atoms in total. The molecule has 1 aliphatic rings. The van der Waals surface area contributed by atoms with Gasteiger partial charge in [-0.2, -0.15) is 0 Å². The average molecular weight is 314 g/mol. The summed E-state index contributed by atoms with van der Waals surface area (Å²) < 4.78 is 44.8. The smallest absolute Gasteiger partial charge is 0.240 e. The van der Waals surface area contributed by atoms with Crippen molar-refractivity contribution in [2.24, 2.45) is 4.99 Å². The lowest BCUT2D eigenvalue weighted by molar-refractivity contribution is 0.0731. The van der Waals surface area contributed by atoms with E-state index in [1.54, 1.807) is 12.1 Å². The molecular formula is C14H19FN2O3S. The largest absolute Gasteiger partial charge is 0.374 e. The third kappa shape index (κ3) is 3.87. The van der Waals surface area contributed by atoms with Crippen molar-refractivity contribution in [2.45, 2.75) is 35.9 Å². The monoisotopic (exact) mass is 314 g/mol. The maximum absolute atomic E-state index is 12.9. The first kappa shape index (κ1) is 16.1. The number of aliphatic imine (C=N–C) groups is 1. The van der Waals surface area contributed by atoms with Gasteiger partial charge in [0.2, 0.25) is 10.0 Å². The van der Waals surface area contributed by atoms with Crippen LogP contribution in [0.4, 0.5) is 4.39 Å². The number of nitrogens with one attached hydrogen (secondary N) is 1. The van der Waals surface area contributed by atoms with Crippen molar-refractivity contribution in [1.82, 2.24) is 4.72 Å². The Morgan fingerprint density at radius 1 is 1.43 bits per heavy atom. The molecule has 2 rings (SSSR count). The Morgan fingerprint density at radius 2 is 2.05 bits per heavy atom. The second-order valence-corrected chi connectivity index (χ2v) is 6.74. The molecular weight excluding hydrogens is 295 g/mol. The van der Waals surface area contributed by atoms with Crippen molar-refractivity contribution in [2.75, 3.05) is 13.8 Å². The van der Waals surface area contributed by atoms with Gasteiger partial charge in [0.05, 0.1) is 4.90 Å². The van der Waals surface area contributed by atoms with Crippen LogP contribution in [0.2, 0.25) is 0 Å². The van der Waals surface area contributed by atoms with Crippen LogP contribution >= 0.6 is 0 Å². The van der Waals surface area contributed by atoms with E-state index in [1.165, 1.54) is 19.2 Å². The number of halogens is 1. The third-order valence-corrected chi connectivity index (χ3v) is 4.95. The van der Waals surface area contributed by atoms with Gasteiger partial charge in [0.25, 0.3) is 0 Å². The Morgan fingerprint density at radius 3 is 2.48 bits per heavy atom. The molecule has 0 aliphatic heterocycles. The molecule has 1 aliphatic carbocycles. The van der Waals surface area contributed by atoms with Crippen LogP contribution in [0.5, 0.6) is 0 Å². The van der Waals surface area contributed by atoms with Crippen molar-refractivity contribution in [3.8, 4) is 0 Å². The summed E-state index contributed by atoms with van der Waals surface area (Å²) in [5.74, 6) is 0. The lowest BCUT2D eigenvalue weighted by atomic mass is 10.0. The number of ether oxygens (including phenoxy) is 1. The lowest BCUT2D eigenvalue weighted by Gasteiger charge is -2.20. The highest BCUT2D eigenvalue weighted by atomic mass is 32.2. The molecule has 7 heteroatoms. The van der Waals surface area contributed by atoms with Crippen LogP contribution in [-0.2, 0) is 14.8 Å². The van der Waals surface area contributed by atoms with E-state index in [4.69, 9.17) is 4.74 Å². The highest BCUT2D eigenvalue weighted by Crippen LogP contribution is 2.26. The van der Waals surface area contributed by atoms with Gasteiger partial charge in [-0.25, -0.2) is 17.5 Å². The summed E-state index contributed by atoms with van der Waals surface area (Å²) >= 11 is 0. The standard InChI is InChI=1S/C14H19FN2O3S/c1-16-13(9-15)14(20-2)10-3-7-12(8-4-10)21(18,19)17-11-5-6-11/h3-4,7-8,11,13-14,17H,1,5-6,9H2,2H3/t13-,14-/m1/s1. The van der Waals surface area contributed by atoms with Gasteiger partial charge in [0, 0.05) is 13.2 Å². The zero-order valence-electron chi connectivity index (χ0n) is 11.8. The fourth-order valence-corrected chi connectivity index (χ4v) is 3.37. The third-order valence-electron chi connectivity index (χ3n) is 3.41. The normalized spacial score (nSPS) is 18.2. The number of hydrogen-bond acceptors (Lipinski definition) is 4. The zero-order valence-corrected chi connectivity index (χ0v) is 12.6. The number of sulfonamides is 1. The highest BCUT2D eigenvalue weighted by Gasteiger charge is 2.28. The molecule has 0 unspecified atom stereocenters. The molecule has 0 spiro atoms. The Kier molecular flexibility index (Phi) is 5.08. The van der Waals surface area contributed by atoms with E-state index in [1.807, 2.05) is 0 Å². The summed E-state index contributed by atoms with van der Waals surface area (Å²) in [4.78, 5) is 3.88. The van der Waals surface area contributed by atoms with E-state index in [-0.39, 0.29) is 10.9 Å². The Labute approximate surface area is 124 Å². The predicted molar refractivity (Wildman–Crippen MR) is 78.8 cm³/mol. The molecule has 0 bridgehead atoms. The number of nitrogens with zero attached hydrogens (tertiary/aromatic N) is 1. The fraction of sp³-hybridized carbons (Fsp3) is 0.500. The first-order valence-corrected chi connectivity index (χ1v) is 8.17. The van der Waals surface area contributed by atoms with E-state index in [2.05, 4.69) is 16.4 Å². The average Bonchev–Trinajstić information content (AvgIpc) is 3.28. The molecule has 0 heterocycles. The van der Waals surface area contributed by atoms with E-state index in [0.717, 1.165) is 12.8 Å². The molecule has 21 heavy (non-hydrogen) atoms. The van der Waals surface area contributed by atoms with Crippen LogP contribution in [0.3, 0.4) is 0 Å². The minimum absolute atomic E-state index is 0.0577. The first-order chi connectivity index (χ1) is 10.0. The Bertz CT molecular complexity index is 585. The summed E-state index contributed by atoms with van der Waals surface area (Å²) in [6.45, 7) is 2.66. The molecule has 0 radical (unpaired) electrons. The summed E-state index contributed by atoms with van der Waals surface area (Å²) in [5, 5.41) is 0. The van der Waals surface area contributed by atoms with Crippen LogP contribution in [0, 0.1) is 0 Å². The number of rotatable bonds is 8. The molecule has 0 aromatic heterocycles. The molecule has 1 N–H and O–H groups in total. The summed E-state index contributed by atoms with van der Waals surface area (Å²) in [6, 6.07) is 5.56. The van der Waals surface area contributed by atoms with Gasteiger partial charge in [-0.05, 0) is 37.3 Å². The molecule has 1 aromatic rings. The van der Waals surface area contributed by atoms with Crippen molar-refractivity contribution >= 4 is 16.7 Å². The van der Waals surface area contributed by atoms with Gasteiger partial charge in [-0.3, -0.25) is 4.99 Å². The molecule has 1 aromatic carbocycles. The summed E-state index contributed by atoms with van der Waals surface area (Å²) in [6.07, 6.45) is 1.18. The van der Waals surface area contributed by atoms with Crippen LogP contribution in [-0.4, -0.2) is 41.0 Å². The minimum atomic E-state index is -3.48. The van der Waals surface area contributed by atoms with Gasteiger partial charge in [-0.15, -0.1) is 0 Å². The first-order valence-electron chi connectivity index (χ1n) is 6.68. The van der Waals surface area contributed by atoms with Crippen LogP contribution in [0.15, 0.2) is 34.2 Å². The fourth-order valence-electron chi connectivity index (χ4n) is 2.07.